The number of ether oxygens (including phenoxy) is 1. The Morgan fingerprint density at radius 1 is 1.24 bits per heavy atom. The first-order valence-corrected chi connectivity index (χ1v) is 7.01. The highest BCUT2D eigenvalue weighted by Crippen LogP contribution is 2.31. The SMILES string of the molecule is COc1ccc(CNC(=O)C2CNc3ccccc32)cc1. The van der Waals surface area contributed by atoms with E-state index in [1.807, 2.05) is 48.5 Å². The Hall–Kier alpha value is -2.49. The van der Waals surface area contributed by atoms with Crippen LogP contribution in [0.1, 0.15) is 17.0 Å². The van der Waals surface area contributed by atoms with Crippen molar-refractivity contribution in [1.82, 2.24) is 5.32 Å². The zero-order valence-electron chi connectivity index (χ0n) is 11.9. The largest absolute Gasteiger partial charge is 0.497 e. The third kappa shape index (κ3) is 2.84. The number of hydrogen-bond acceptors (Lipinski definition) is 3. The van der Waals surface area contributed by atoms with E-state index in [0.717, 1.165) is 22.6 Å². The van der Waals surface area contributed by atoms with Gasteiger partial charge in [-0.1, -0.05) is 30.3 Å². The molecule has 2 N–H and O–H groups in total. The van der Waals surface area contributed by atoms with Crippen molar-refractivity contribution in [1.29, 1.82) is 0 Å². The lowest BCUT2D eigenvalue weighted by molar-refractivity contribution is -0.122. The first kappa shape index (κ1) is 13.5. The van der Waals surface area contributed by atoms with Crippen LogP contribution in [-0.2, 0) is 11.3 Å². The van der Waals surface area contributed by atoms with Gasteiger partial charge < -0.3 is 15.4 Å². The molecule has 2 aromatic carbocycles. The van der Waals surface area contributed by atoms with E-state index < -0.39 is 0 Å². The highest BCUT2D eigenvalue weighted by Gasteiger charge is 2.27. The van der Waals surface area contributed by atoms with Crippen molar-refractivity contribution >= 4 is 11.6 Å². The molecule has 0 aromatic heterocycles. The quantitative estimate of drug-likeness (QED) is 0.906. The molecule has 0 bridgehead atoms. The van der Waals surface area contributed by atoms with Crippen molar-refractivity contribution in [2.75, 3.05) is 19.0 Å². The lowest BCUT2D eigenvalue weighted by atomic mass is 10.0. The van der Waals surface area contributed by atoms with Gasteiger partial charge in [-0.15, -0.1) is 0 Å². The number of carbonyl (C=O) groups excluding carboxylic acids is 1. The van der Waals surface area contributed by atoms with Crippen LogP contribution < -0.4 is 15.4 Å². The third-order valence-corrected chi connectivity index (χ3v) is 3.78. The van der Waals surface area contributed by atoms with Gasteiger partial charge in [-0.2, -0.15) is 0 Å². The van der Waals surface area contributed by atoms with Gasteiger partial charge in [0.2, 0.25) is 5.91 Å². The number of rotatable bonds is 4. The Kier molecular flexibility index (Phi) is 3.77. The molecule has 2 aromatic rings. The lowest BCUT2D eigenvalue weighted by Crippen LogP contribution is -2.29. The van der Waals surface area contributed by atoms with Crippen LogP contribution >= 0.6 is 0 Å². The highest BCUT2D eigenvalue weighted by atomic mass is 16.5. The predicted molar refractivity (Wildman–Crippen MR) is 82.5 cm³/mol. The van der Waals surface area contributed by atoms with Gasteiger partial charge in [-0.05, 0) is 29.3 Å². The fourth-order valence-electron chi connectivity index (χ4n) is 2.57. The molecule has 1 aliphatic rings. The molecule has 4 heteroatoms. The summed E-state index contributed by atoms with van der Waals surface area (Å²) >= 11 is 0. The summed E-state index contributed by atoms with van der Waals surface area (Å²) in [5.41, 5.74) is 3.19. The van der Waals surface area contributed by atoms with Crippen LogP contribution in [0.2, 0.25) is 0 Å². The second-order valence-corrected chi connectivity index (χ2v) is 5.09. The molecule has 1 amide bonds. The molecule has 1 aliphatic heterocycles. The van der Waals surface area contributed by atoms with Crippen molar-refractivity contribution < 1.29 is 9.53 Å². The van der Waals surface area contributed by atoms with Crippen LogP contribution in [0.15, 0.2) is 48.5 Å². The molecule has 21 heavy (non-hydrogen) atoms. The van der Waals surface area contributed by atoms with E-state index in [0.29, 0.717) is 13.1 Å². The van der Waals surface area contributed by atoms with Crippen LogP contribution in [0.4, 0.5) is 5.69 Å². The van der Waals surface area contributed by atoms with Gasteiger partial charge in [0.1, 0.15) is 5.75 Å². The zero-order valence-corrected chi connectivity index (χ0v) is 11.9. The molecule has 1 unspecified atom stereocenters. The van der Waals surface area contributed by atoms with E-state index in [4.69, 9.17) is 4.74 Å². The summed E-state index contributed by atoms with van der Waals surface area (Å²) in [6.45, 7) is 1.19. The first-order valence-electron chi connectivity index (χ1n) is 7.01. The van der Waals surface area contributed by atoms with E-state index in [9.17, 15) is 4.79 Å². The Morgan fingerprint density at radius 2 is 2.00 bits per heavy atom. The summed E-state index contributed by atoms with van der Waals surface area (Å²) in [5.74, 6) is 0.765. The fraction of sp³-hybridized carbons (Fsp3) is 0.235. The summed E-state index contributed by atoms with van der Waals surface area (Å²) < 4.78 is 5.12. The summed E-state index contributed by atoms with van der Waals surface area (Å²) in [6, 6.07) is 15.7. The Morgan fingerprint density at radius 3 is 2.76 bits per heavy atom. The third-order valence-electron chi connectivity index (χ3n) is 3.78. The number of para-hydroxylation sites is 1. The zero-order chi connectivity index (χ0) is 14.7. The summed E-state index contributed by atoms with van der Waals surface area (Å²) in [5, 5.41) is 6.27. The number of hydrogen-bond donors (Lipinski definition) is 2. The molecular weight excluding hydrogens is 264 g/mol. The minimum absolute atomic E-state index is 0.0586. The molecule has 0 fully saturated rings. The minimum Gasteiger partial charge on any atom is -0.497 e. The normalized spacial score (nSPS) is 16.0. The molecule has 0 saturated heterocycles. The number of nitrogens with one attached hydrogen (secondary N) is 2. The number of benzene rings is 2. The maximum Gasteiger partial charge on any atom is 0.229 e. The summed E-state index contributed by atoms with van der Waals surface area (Å²) in [7, 11) is 1.64. The Bertz CT molecular complexity index is 637. The van der Waals surface area contributed by atoms with Gasteiger partial charge in [0.15, 0.2) is 0 Å². The number of amides is 1. The van der Waals surface area contributed by atoms with E-state index >= 15 is 0 Å². The molecule has 1 atom stereocenters. The second-order valence-electron chi connectivity index (χ2n) is 5.09. The maximum atomic E-state index is 12.3. The molecule has 0 saturated carbocycles. The van der Waals surface area contributed by atoms with E-state index in [2.05, 4.69) is 10.6 Å². The number of carbonyl (C=O) groups is 1. The van der Waals surface area contributed by atoms with Gasteiger partial charge >= 0.3 is 0 Å². The van der Waals surface area contributed by atoms with Crippen molar-refractivity contribution in [3.05, 3.63) is 59.7 Å². The van der Waals surface area contributed by atoms with Gasteiger partial charge in [-0.25, -0.2) is 0 Å². The van der Waals surface area contributed by atoms with Crippen molar-refractivity contribution in [2.45, 2.75) is 12.5 Å². The maximum absolute atomic E-state index is 12.3. The number of anilines is 1. The smallest absolute Gasteiger partial charge is 0.229 e. The van der Waals surface area contributed by atoms with Gasteiger partial charge in [0.25, 0.3) is 0 Å². The van der Waals surface area contributed by atoms with Crippen LogP contribution in [0.5, 0.6) is 5.75 Å². The average Bonchev–Trinajstić information content (AvgIpc) is 2.97. The summed E-state index contributed by atoms with van der Waals surface area (Å²) in [4.78, 5) is 12.3. The molecule has 1 heterocycles. The van der Waals surface area contributed by atoms with E-state index in [1.54, 1.807) is 7.11 Å². The fourth-order valence-corrected chi connectivity index (χ4v) is 2.57. The molecular formula is C17H18N2O2. The van der Waals surface area contributed by atoms with Crippen molar-refractivity contribution in [2.24, 2.45) is 0 Å². The van der Waals surface area contributed by atoms with Gasteiger partial charge in [0, 0.05) is 18.8 Å². The lowest BCUT2D eigenvalue weighted by Gasteiger charge is -2.11. The highest BCUT2D eigenvalue weighted by molar-refractivity contribution is 5.88. The van der Waals surface area contributed by atoms with Crippen LogP contribution in [0.25, 0.3) is 0 Å². The van der Waals surface area contributed by atoms with Crippen LogP contribution in [-0.4, -0.2) is 19.6 Å². The van der Waals surface area contributed by atoms with E-state index in [-0.39, 0.29) is 11.8 Å². The first-order chi connectivity index (χ1) is 10.3. The molecule has 0 aliphatic carbocycles. The summed E-state index contributed by atoms with van der Waals surface area (Å²) in [6.07, 6.45) is 0. The average molecular weight is 282 g/mol. The monoisotopic (exact) mass is 282 g/mol. The standard InChI is InChI=1S/C17H18N2O2/c1-21-13-8-6-12(7-9-13)10-19-17(20)15-11-18-16-5-3-2-4-14(15)16/h2-9,15,18H,10-11H2,1H3,(H,19,20). The molecule has 3 rings (SSSR count). The van der Waals surface area contributed by atoms with Crippen molar-refractivity contribution in [3.63, 3.8) is 0 Å². The Balaban J connectivity index is 1.62. The second kappa shape index (κ2) is 5.87. The van der Waals surface area contributed by atoms with Gasteiger partial charge in [-0.3, -0.25) is 4.79 Å². The van der Waals surface area contributed by atoms with E-state index in [1.165, 1.54) is 0 Å². The number of fused-ring (bicyclic) bond motifs is 1. The van der Waals surface area contributed by atoms with Crippen LogP contribution in [0, 0.1) is 0 Å². The molecule has 4 nitrogen and oxygen atoms in total. The Labute approximate surface area is 124 Å². The minimum atomic E-state index is -0.112. The predicted octanol–water partition coefficient (Wildman–Crippen LogP) is 2.52. The topological polar surface area (TPSA) is 50.4 Å². The number of methoxy groups -OCH3 is 1. The molecule has 0 radical (unpaired) electrons. The molecule has 108 valence electrons. The van der Waals surface area contributed by atoms with Crippen LogP contribution in [0.3, 0.4) is 0 Å². The van der Waals surface area contributed by atoms with Crippen molar-refractivity contribution in [3.8, 4) is 5.75 Å². The van der Waals surface area contributed by atoms with Gasteiger partial charge in [0.05, 0.1) is 13.0 Å². The molecule has 0 spiro atoms.